The number of H-pyrrole nitrogens is 1. The molecule has 0 bridgehead atoms. The molecule has 0 radical (unpaired) electrons. The monoisotopic (exact) mass is 364 g/mol. The first-order valence-corrected chi connectivity index (χ1v) is 8.51. The fraction of sp³-hybridized carbons (Fsp3) is 0.211. The van der Waals surface area contributed by atoms with Gasteiger partial charge in [-0.25, -0.2) is 9.79 Å². The predicted molar refractivity (Wildman–Crippen MR) is 104 cm³/mol. The average molecular weight is 364 g/mol. The van der Waals surface area contributed by atoms with Crippen LogP contribution in [0.4, 0.5) is 5.69 Å². The number of aliphatic imine (C=N–C) groups is 1. The van der Waals surface area contributed by atoms with Gasteiger partial charge >= 0.3 is 5.76 Å². The van der Waals surface area contributed by atoms with Crippen LogP contribution >= 0.6 is 0 Å². The summed E-state index contributed by atoms with van der Waals surface area (Å²) >= 11 is 0. The Morgan fingerprint density at radius 2 is 2.04 bits per heavy atom. The van der Waals surface area contributed by atoms with E-state index >= 15 is 0 Å². The Morgan fingerprint density at radius 1 is 1.22 bits per heavy atom. The fourth-order valence-corrected chi connectivity index (χ4v) is 2.88. The molecule has 0 amide bonds. The van der Waals surface area contributed by atoms with Crippen molar-refractivity contribution in [3.05, 3.63) is 69.6 Å². The van der Waals surface area contributed by atoms with Gasteiger partial charge in [0.15, 0.2) is 5.58 Å². The van der Waals surface area contributed by atoms with E-state index in [9.17, 15) is 4.79 Å². The zero-order chi connectivity index (χ0) is 19.2. The van der Waals surface area contributed by atoms with Crippen molar-refractivity contribution in [1.82, 2.24) is 15.3 Å². The molecule has 138 valence electrons. The number of hydrogen-bond donors (Lipinski definition) is 4. The largest absolute Gasteiger partial charge is 0.417 e. The summed E-state index contributed by atoms with van der Waals surface area (Å²) in [6.45, 7) is 5.87. The summed E-state index contributed by atoms with van der Waals surface area (Å²) in [5, 5.41) is 6.40. The summed E-state index contributed by atoms with van der Waals surface area (Å²) in [4.78, 5) is 23.0. The number of aromatic amines is 1. The van der Waals surface area contributed by atoms with Gasteiger partial charge in [0.2, 0.25) is 5.79 Å². The highest BCUT2D eigenvalue weighted by Crippen LogP contribution is 2.24. The number of anilines is 1. The van der Waals surface area contributed by atoms with Gasteiger partial charge < -0.3 is 15.1 Å². The SMILES string of the molecule is CC1=CNC(N)(c2cnc(C)c(C)c2)N=C1Nc1ccc2oc(=O)[nH]c2c1. The van der Waals surface area contributed by atoms with E-state index in [0.717, 1.165) is 28.1 Å². The summed E-state index contributed by atoms with van der Waals surface area (Å²) in [6.07, 6.45) is 3.55. The van der Waals surface area contributed by atoms with Crippen LogP contribution in [0, 0.1) is 13.8 Å². The van der Waals surface area contributed by atoms with Crippen molar-refractivity contribution in [1.29, 1.82) is 0 Å². The quantitative estimate of drug-likeness (QED) is 0.553. The van der Waals surface area contributed by atoms with Crippen molar-refractivity contribution in [2.75, 3.05) is 5.32 Å². The number of benzene rings is 1. The van der Waals surface area contributed by atoms with Crippen molar-refractivity contribution in [3.8, 4) is 0 Å². The normalized spacial score (nSPS) is 19.4. The lowest BCUT2D eigenvalue weighted by Gasteiger charge is -2.31. The number of aryl methyl sites for hydroxylation is 2. The third-order valence-corrected chi connectivity index (χ3v) is 4.63. The van der Waals surface area contributed by atoms with Gasteiger partial charge in [-0.2, -0.15) is 0 Å². The van der Waals surface area contributed by atoms with Gasteiger partial charge in [0.25, 0.3) is 0 Å². The zero-order valence-corrected chi connectivity index (χ0v) is 15.3. The molecular weight excluding hydrogens is 344 g/mol. The number of amidine groups is 1. The smallest absolute Gasteiger partial charge is 0.408 e. The van der Waals surface area contributed by atoms with Crippen LogP contribution in [0.1, 0.15) is 23.7 Å². The number of oxazole rings is 1. The van der Waals surface area contributed by atoms with E-state index in [2.05, 4.69) is 25.6 Å². The molecule has 1 atom stereocenters. The molecule has 1 aliphatic heterocycles. The Morgan fingerprint density at radius 3 is 2.81 bits per heavy atom. The molecule has 0 aliphatic carbocycles. The van der Waals surface area contributed by atoms with Crippen LogP contribution in [0.5, 0.6) is 0 Å². The number of fused-ring (bicyclic) bond motifs is 1. The molecule has 3 heterocycles. The molecule has 27 heavy (non-hydrogen) atoms. The molecule has 4 rings (SSSR count). The van der Waals surface area contributed by atoms with E-state index in [1.54, 1.807) is 18.3 Å². The van der Waals surface area contributed by atoms with Crippen molar-refractivity contribution in [2.45, 2.75) is 26.6 Å². The number of nitrogens with zero attached hydrogens (tertiary/aromatic N) is 2. The van der Waals surface area contributed by atoms with Crippen LogP contribution in [0.3, 0.4) is 0 Å². The van der Waals surface area contributed by atoms with E-state index in [-0.39, 0.29) is 0 Å². The first-order chi connectivity index (χ1) is 12.8. The van der Waals surface area contributed by atoms with Gasteiger partial charge in [-0.15, -0.1) is 0 Å². The first kappa shape index (κ1) is 17.0. The summed E-state index contributed by atoms with van der Waals surface area (Å²) < 4.78 is 5.03. The average Bonchev–Trinajstić information content (AvgIpc) is 3.00. The Hall–Kier alpha value is -3.39. The topological polar surface area (TPSA) is 121 Å². The van der Waals surface area contributed by atoms with Crippen LogP contribution in [-0.2, 0) is 5.79 Å². The summed E-state index contributed by atoms with van der Waals surface area (Å²) in [5.74, 6) is -0.984. The highest BCUT2D eigenvalue weighted by Gasteiger charge is 2.30. The molecule has 8 nitrogen and oxygen atoms in total. The molecule has 8 heteroatoms. The molecule has 0 spiro atoms. The summed E-state index contributed by atoms with van der Waals surface area (Å²) in [7, 11) is 0. The maximum Gasteiger partial charge on any atom is 0.417 e. The van der Waals surface area contributed by atoms with E-state index in [1.807, 2.05) is 39.1 Å². The van der Waals surface area contributed by atoms with E-state index in [1.165, 1.54) is 0 Å². The molecule has 0 fully saturated rings. The summed E-state index contributed by atoms with van der Waals surface area (Å²) in [5.41, 5.74) is 12.0. The second-order valence-corrected chi connectivity index (χ2v) is 6.68. The van der Waals surface area contributed by atoms with Crippen molar-refractivity contribution in [3.63, 3.8) is 0 Å². The van der Waals surface area contributed by atoms with Crippen LogP contribution < -0.4 is 22.1 Å². The predicted octanol–water partition coefficient (Wildman–Crippen LogP) is 2.22. The standard InChI is InChI=1S/C19H20N6O2/c1-10-6-13(9-21-12(10)3)19(20)22-8-11(2)17(25-19)23-14-4-5-16-15(7-14)24-18(26)27-16/h4-9,22H,20H2,1-3H3,(H,23,25)(H,24,26). The number of nitrogens with two attached hydrogens (primary N) is 1. The molecule has 0 saturated carbocycles. The Kier molecular flexibility index (Phi) is 3.85. The van der Waals surface area contributed by atoms with Gasteiger partial charge in [-0.1, -0.05) is 0 Å². The van der Waals surface area contributed by atoms with Crippen molar-refractivity contribution >= 4 is 22.6 Å². The Bertz CT molecular complexity index is 1160. The molecule has 3 aromatic rings. The van der Waals surface area contributed by atoms with Gasteiger partial charge in [-0.05, 0) is 50.6 Å². The lowest BCUT2D eigenvalue weighted by Crippen LogP contribution is -2.50. The van der Waals surface area contributed by atoms with Crippen LogP contribution in [-0.4, -0.2) is 15.8 Å². The third-order valence-electron chi connectivity index (χ3n) is 4.63. The van der Waals surface area contributed by atoms with Crippen LogP contribution in [0.15, 0.2) is 56.4 Å². The minimum atomic E-state index is -1.12. The maximum absolute atomic E-state index is 11.3. The second kappa shape index (κ2) is 6.10. The van der Waals surface area contributed by atoms with Gasteiger partial charge in [0.05, 0.1) is 5.52 Å². The van der Waals surface area contributed by atoms with Gasteiger partial charge in [0.1, 0.15) is 5.84 Å². The van der Waals surface area contributed by atoms with E-state index in [0.29, 0.717) is 16.9 Å². The number of pyridine rings is 1. The number of rotatable bonds is 2. The van der Waals surface area contributed by atoms with Gasteiger partial charge in [0, 0.05) is 34.9 Å². The zero-order valence-electron chi connectivity index (χ0n) is 15.3. The Labute approximate surface area is 155 Å². The minimum absolute atomic E-state index is 0.486. The highest BCUT2D eigenvalue weighted by atomic mass is 16.4. The number of hydrogen-bond acceptors (Lipinski definition) is 7. The molecular formula is C19H20N6O2. The number of nitrogens with one attached hydrogen (secondary N) is 3. The minimum Gasteiger partial charge on any atom is -0.408 e. The lowest BCUT2D eigenvalue weighted by molar-refractivity contribution is 0.406. The van der Waals surface area contributed by atoms with Gasteiger partial charge in [-0.3, -0.25) is 15.7 Å². The van der Waals surface area contributed by atoms with Crippen molar-refractivity contribution < 1.29 is 4.42 Å². The number of aromatic nitrogens is 2. The van der Waals surface area contributed by atoms with E-state index in [4.69, 9.17) is 10.2 Å². The van der Waals surface area contributed by atoms with E-state index < -0.39 is 11.5 Å². The highest BCUT2D eigenvalue weighted by molar-refractivity contribution is 6.08. The Balaban J connectivity index is 1.69. The van der Waals surface area contributed by atoms with Crippen LogP contribution in [0.2, 0.25) is 0 Å². The first-order valence-electron chi connectivity index (χ1n) is 8.51. The third kappa shape index (κ3) is 3.11. The molecule has 1 aliphatic rings. The molecule has 1 aromatic carbocycles. The van der Waals surface area contributed by atoms with Crippen LogP contribution in [0.25, 0.3) is 11.1 Å². The molecule has 5 N–H and O–H groups in total. The maximum atomic E-state index is 11.3. The lowest BCUT2D eigenvalue weighted by atomic mass is 10.1. The van der Waals surface area contributed by atoms with Crippen molar-refractivity contribution in [2.24, 2.45) is 10.7 Å². The second-order valence-electron chi connectivity index (χ2n) is 6.68. The fourth-order valence-electron chi connectivity index (χ4n) is 2.88. The molecule has 1 unspecified atom stereocenters. The molecule has 2 aromatic heterocycles. The molecule has 0 saturated heterocycles. The summed E-state index contributed by atoms with van der Waals surface area (Å²) in [6, 6.07) is 7.30.